The summed E-state index contributed by atoms with van der Waals surface area (Å²) in [5.74, 6) is -0.632. The van der Waals surface area contributed by atoms with Crippen molar-refractivity contribution >= 4 is 11.8 Å². The van der Waals surface area contributed by atoms with Gasteiger partial charge in [0.1, 0.15) is 0 Å². The van der Waals surface area contributed by atoms with Crippen molar-refractivity contribution in [1.29, 1.82) is 0 Å². The fourth-order valence-electron chi connectivity index (χ4n) is 3.36. The van der Waals surface area contributed by atoms with Crippen LogP contribution in [-0.2, 0) is 0 Å². The van der Waals surface area contributed by atoms with Gasteiger partial charge in [-0.2, -0.15) is 13.2 Å². The number of alkyl halides is 3. The summed E-state index contributed by atoms with van der Waals surface area (Å²) >= 11 is 0. The third kappa shape index (κ3) is 7.32. The first kappa shape index (κ1) is 23.6. The Morgan fingerprint density at radius 2 is 1.33 bits per heavy atom. The molecule has 3 nitrogen and oxygen atoms in total. The first-order valence-electron chi connectivity index (χ1n) is 10.4. The molecule has 1 aliphatic heterocycles. The number of carbonyl (C=O) groups is 2. The van der Waals surface area contributed by atoms with E-state index in [2.05, 4.69) is 12.2 Å². The molecule has 0 saturated heterocycles. The third-order valence-corrected chi connectivity index (χ3v) is 4.91. The molecule has 2 aromatic rings. The summed E-state index contributed by atoms with van der Waals surface area (Å²) in [6.45, 7) is 2.13. The summed E-state index contributed by atoms with van der Waals surface area (Å²) in [5, 5.41) is 2.31. The van der Waals surface area contributed by atoms with Crippen LogP contribution in [0.5, 0.6) is 0 Å². The molecule has 2 amide bonds. The Balaban J connectivity index is 0.000000224. The molecule has 1 N–H and O–H groups in total. The number of unbranched alkanes of at least 4 members (excludes halogenated alkanes) is 6. The molecule has 0 aromatic heterocycles. The number of carbonyl (C=O) groups excluding carboxylic acids is 2. The van der Waals surface area contributed by atoms with E-state index in [9.17, 15) is 22.8 Å². The molecule has 1 heterocycles. The molecule has 0 bridgehead atoms. The van der Waals surface area contributed by atoms with Crippen LogP contribution in [0.1, 0.15) is 79.0 Å². The quantitative estimate of drug-likeness (QED) is 0.373. The summed E-state index contributed by atoms with van der Waals surface area (Å²) in [6.07, 6.45) is 2.06. The van der Waals surface area contributed by atoms with E-state index in [0.29, 0.717) is 17.5 Å². The molecule has 0 atom stereocenters. The number of hydrogen-bond donors (Lipinski definition) is 1. The van der Waals surface area contributed by atoms with Crippen LogP contribution in [0.15, 0.2) is 48.5 Å². The number of amides is 2. The van der Waals surface area contributed by atoms with Crippen molar-refractivity contribution in [3.05, 3.63) is 59.7 Å². The largest absolute Gasteiger partial charge is 0.389 e. The minimum absolute atomic E-state index is 0.301. The van der Waals surface area contributed by atoms with Gasteiger partial charge in [-0.25, -0.2) is 0 Å². The number of rotatable bonds is 8. The lowest BCUT2D eigenvalue weighted by Gasteiger charge is -2.05. The Morgan fingerprint density at radius 1 is 0.733 bits per heavy atom. The minimum atomic E-state index is -3.95. The van der Waals surface area contributed by atoms with Gasteiger partial charge >= 0.3 is 6.18 Å². The van der Waals surface area contributed by atoms with Gasteiger partial charge in [0.15, 0.2) is 0 Å². The molecule has 0 saturated carbocycles. The first-order chi connectivity index (χ1) is 14.3. The summed E-state index contributed by atoms with van der Waals surface area (Å²) in [5.41, 5.74) is 2.67. The highest BCUT2D eigenvalue weighted by Gasteiger charge is 2.29. The van der Waals surface area contributed by atoms with Crippen LogP contribution in [0.2, 0.25) is 0 Å². The van der Waals surface area contributed by atoms with Gasteiger partial charge in [0, 0.05) is 6.42 Å². The second kappa shape index (κ2) is 11.5. The van der Waals surface area contributed by atoms with E-state index >= 15 is 0 Å². The molecule has 2 aromatic carbocycles. The van der Waals surface area contributed by atoms with E-state index in [1.165, 1.54) is 19.3 Å². The molecule has 1 aliphatic rings. The molecular weight excluding hydrogens is 391 g/mol. The van der Waals surface area contributed by atoms with Crippen molar-refractivity contribution in [2.24, 2.45) is 0 Å². The number of nitrogens with one attached hydrogen (secondary N) is 1. The number of imide groups is 1. The summed E-state index contributed by atoms with van der Waals surface area (Å²) < 4.78 is 35.1. The molecule has 0 fully saturated rings. The lowest BCUT2D eigenvalue weighted by atomic mass is 9.97. The highest BCUT2D eigenvalue weighted by Crippen LogP contribution is 2.28. The van der Waals surface area contributed by atoms with Crippen LogP contribution in [-0.4, -0.2) is 18.0 Å². The van der Waals surface area contributed by atoms with Crippen LogP contribution in [0.3, 0.4) is 0 Å². The van der Waals surface area contributed by atoms with Crippen LogP contribution in [0.4, 0.5) is 13.2 Å². The maximum absolute atomic E-state index is 11.7. The fourth-order valence-corrected chi connectivity index (χ4v) is 3.36. The highest BCUT2D eigenvalue weighted by atomic mass is 19.4. The Morgan fingerprint density at radius 3 is 1.97 bits per heavy atom. The average molecular weight is 419 g/mol. The van der Waals surface area contributed by atoms with Gasteiger partial charge in [0.05, 0.1) is 11.1 Å². The van der Waals surface area contributed by atoms with Crippen molar-refractivity contribution in [1.82, 2.24) is 5.32 Å². The molecule has 0 spiro atoms. The summed E-state index contributed by atoms with van der Waals surface area (Å²) in [7, 11) is 0. The third-order valence-electron chi connectivity index (χ3n) is 4.91. The zero-order valence-electron chi connectivity index (χ0n) is 17.2. The molecule has 0 aliphatic carbocycles. The van der Waals surface area contributed by atoms with Gasteiger partial charge in [-0.1, -0.05) is 87.9 Å². The van der Waals surface area contributed by atoms with Crippen molar-refractivity contribution in [2.45, 2.75) is 64.5 Å². The van der Waals surface area contributed by atoms with E-state index in [1.807, 2.05) is 36.4 Å². The predicted octanol–water partition coefficient (Wildman–Crippen LogP) is 6.93. The van der Waals surface area contributed by atoms with Crippen molar-refractivity contribution in [2.75, 3.05) is 0 Å². The van der Waals surface area contributed by atoms with Crippen LogP contribution < -0.4 is 5.32 Å². The SMILES string of the molecule is CCCCCCCCCC(F)(F)F.O=C1NC(=O)c2c1cccc2-c1ccccc1. The van der Waals surface area contributed by atoms with Gasteiger partial charge < -0.3 is 0 Å². The zero-order chi connectivity index (χ0) is 22.0. The lowest BCUT2D eigenvalue weighted by molar-refractivity contribution is -0.135. The summed E-state index contributed by atoms with van der Waals surface area (Å²) in [4.78, 5) is 23.3. The van der Waals surface area contributed by atoms with Crippen LogP contribution in [0, 0.1) is 0 Å². The van der Waals surface area contributed by atoms with Gasteiger partial charge in [0.2, 0.25) is 0 Å². The zero-order valence-corrected chi connectivity index (χ0v) is 17.2. The molecule has 0 unspecified atom stereocenters. The van der Waals surface area contributed by atoms with Gasteiger partial charge in [0.25, 0.3) is 11.8 Å². The molecule has 0 radical (unpaired) electrons. The highest BCUT2D eigenvalue weighted by molar-refractivity contribution is 6.24. The maximum Gasteiger partial charge on any atom is 0.389 e. The smallest absolute Gasteiger partial charge is 0.288 e. The van der Waals surface area contributed by atoms with Crippen molar-refractivity contribution < 1.29 is 22.8 Å². The molecule has 3 rings (SSSR count). The van der Waals surface area contributed by atoms with E-state index in [-0.39, 0.29) is 11.8 Å². The van der Waals surface area contributed by atoms with E-state index < -0.39 is 12.6 Å². The van der Waals surface area contributed by atoms with Crippen LogP contribution >= 0.6 is 0 Å². The molecule has 30 heavy (non-hydrogen) atoms. The monoisotopic (exact) mass is 419 g/mol. The van der Waals surface area contributed by atoms with Crippen LogP contribution in [0.25, 0.3) is 11.1 Å². The van der Waals surface area contributed by atoms with E-state index in [1.54, 1.807) is 12.1 Å². The average Bonchev–Trinajstić information content (AvgIpc) is 3.02. The molecule has 6 heteroatoms. The summed E-state index contributed by atoms with van der Waals surface area (Å²) in [6, 6.07) is 14.9. The maximum atomic E-state index is 11.7. The second-order valence-corrected chi connectivity index (χ2v) is 7.36. The van der Waals surface area contributed by atoms with Gasteiger partial charge in [-0.3, -0.25) is 14.9 Å². The lowest BCUT2D eigenvalue weighted by Crippen LogP contribution is -2.20. The predicted molar refractivity (Wildman–Crippen MR) is 112 cm³/mol. The number of halogens is 3. The fraction of sp³-hybridized carbons (Fsp3) is 0.417. The Kier molecular flexibility index (Phi) is 9.09. The first-order valence-corrected chi connectivity index (χ1v) is 10.4. The normalized spacial score (nSPS) is 12.8. The number of fused-ring (bicyclic) bond motifs is 1. The van der Waals surface area contributed by atoms with Crippen molar-refractivity contribution in [3.63, 3.8) is 0 Å². The Hall–Kier alpha value is -2.63. The van der Waals surface area contributed by atoms with Crippen molar-refractivity contribution in [3.8, 4) is 11.1 Å². The van der Waals surface area contributed by atoms with E-state index in [4.69, 9.17) is 0 Å². The van der Waals surface area contributed by atoms with Gasteiger partial charge in [-0.15, -0.1) is 0 Å². The minimum Gasteiger partial charge on any atom is -0.288 e. The standard InChI is InChI=1S/C14H9NO2.C10H19F3/c16-13-11-8-4-7-10(12(11)14(17)15-13)9-5-2-1-3-6-9;1-2-3-4-5-6-7-8-9-10(11,12)13/h1-8H,(H,15,16,17);2-9H2,1H3. The molecular formula is C24H28F3NO2. The molecule has 162 valence electrons. The Labute approximate surface area is 175 Å². The van der Waals surface area contributed by atoms with E-state index in [0.717, 1.165) is 30.4 Å². The number of hydrogen-bond acceptors (Lipinski definition) is 2. The topological polar surface area (TPSA) is 46.2 Å². The second-order valence-electron chi connectivity index (χ2n) is 7.36. The Bertz CT molecular complexity index is 832. The number of benzene rings is 2. The van der Waals surface area contributed by atoms with Gasteiger partial charge in [-0.05, 0) is 23.6 Å².